The van der Waals surface area contributed by atoms with E-state index in [1.165, 1.54) is 0 Å². The zero-order valence-corrected chi connectivity index (χ0v) is 9.80. The van der Waals surface area contributed by atoms with Crippen LogP contribution in [-0.4, -0.2) is 5.11 Å². The van der Waals surface area contributed by atoms with E-state index in [4.69, 9.17) is 6.42 Å². The van der Waals surface area contributed by atoms with Crippen LogP contribution in [0.15, 0.2) is 60.7 Å². The van der Waals surface area contributed by atoms with Crippen molar-refractivity contribution in [1.29, 1.82) is 0 Å². The van der Waals surface area contributed by atoms with Gasteiger partial charge < -0.3 is 5.11 Å². The summed E-state index contributed by atoms with van der Waals surface area (Å²) in [6.07, 6.45) is 5.40. The maximum Gasteiger partial charge on any atom is 0.214 e. The largest absolute Gasteiger partial charge is 0.364 e. The summed E-state index contributed by atoms with van der Waals surface area (Å²) in [6.45, 7) is 0. The van der Waals surface area contributed by atoms with E-state index in [9.17, 15) is 5.11 Å². The minimum absolute atomic E-state index is 0.607. The molecule has 0 radical (unpaired) electrons. The Morgan fingerprint density at radius 3 is 2.00 bits per heavy atom. The fourth-order valence-corrected chi connectivity index (χ4v) is 1.56. The molecule has 1 unspecified atom stereocenters. The third-order valence-electron chi connectivity index (χ3n) is 2.56. The monoisotopic (exact) mass is 232 g/mol. The summed E-state index contributed by atoms with van der Waals surface area (Å²) in [5.41, 5.74) is -0.116. The summed E-state index contributed by atoms with van der Waals surface area (Å²) in [5.74, 6) is 7.99. The lowest BCUT2D eigenvalue weighted by Crippen LogP contribution is -2.20. The summed E-state index contributed by atoms with van der Waals surface area (Å²) in [7, 11) is 0. The van der Waals surface area contributed by atoms with E-state index in [0.717, 1.165) is 5.56 Å². The zero-order chi connectivity index (χ0) is 12.8. The van der Waals surface area contributed by atoms with Crippen LogP contribution >= 0.6 is 0 Å². The molecule has 1 nitrogen and oxygen atoms in total. The lowest BCUT2D eigenvalue weighted by molar-refractivity contribution is 0.165. The van der Waals surface area contributed by atoms with E-state index in [-0.39, 0.29) is 0 Å². The molecule has 0 aliphatic carbocycles. The van der Waals surface area contributed by atoms with Crippen LogP contribution < -0.4 is 0 Å². The van der Waals surface area contributed by atoms with Crippen LogP contribution in [0.4, 0.5) is 0 Å². The highest BCUT2D eigenvalue weighted by Gasteiger charge is 2.23. The van der Waals surface area contributed by atoms with Gasteiger partial charge in [-0.25, -0.2) is 0 Å². The molecule has 18 heavy (non-hydrogen) atoms. The standard InChI is InChI=1S/C17H12O/c1-2-17(18,16-11-7-4-8-12-16)14-13-15-9-5-3-6-10-15/h1,3-12,18H. The normalized spacial score (nSPS) is 12.7. The molecule has 1 heteroatoms. The lowest BCUT2D eigenvalue weighted by Gasteiger charge is -2.15. The van der Waals surface area contributed by atoms with Gasteiger partial charge in [0, 0.05) is 11.1 Å². The number of hydrogen-bond donors (Lipinski definition) is 1. The Labute approximate surface area is 107 Å². The van der Waals surface area contributed by atoms with Crippen molar-refractivity contribution in [2.45, 2.75) is 5.60 Å². The molecule has 0 bridgehead atoms. The molecule has 86 valence electrons. The molecule has 0 heterocycles. The van der Waals surface area contributed by atoms with Gasteiger partial charge in [0.2, 0.25) is 5.60 Å². The van der Waals surface area contributed by atoms with E-state index in [2.05, 4.69) is 17.8 Å². The second-order valence-corrected chi connectivity index (χ2v) is 3.84. The van der Waals surface area contributed by atoms with Gasteiger partial charge in [-0.3, -0.25) is 0 Å². The number of aliphatic hydroxyl groups is 1. The van der Waals surface area contributed by atoms with Gasteiger partial charge in [-0.2, -0.15) is 0 Å². The quantitative estimate of drug-likeness (QED) is 0.749. The van der Waals surface area contributed by atoms with Crippen LogP contribution in [0.25, 0.3) is 0 Å². The van der Waals surface area contributed by atoms with Gasteiger partial charge in [0.15, 0.2) is 0 Å². The van der Waals surface area contributed by atoms with Gasteiger partial charge in [-0.05, 0) is 18.1 Å². The van der Waals surface area contributed by atoms with E-state index < -0.39 is 5.60 Å². The van der Waals surface area contributed by atoms with Gasteiger partial charge in [0.05, 0.1) is 0 Å². The topological polar surface area (TPSA) is 20.2 Å². The first-order valence-electron chi connectivity index (χ1n) is 5.58. The number of benzene rings is 2. The second-order valence-electron chi connectivity index (χ2n) is 3.84. The first-order chi connectivity index (χ1) is 8.74. The summed E-state index contributed by atoms with van der Waals surface area (Å²) in [6, 6.07) is 18.5. The lowest BCUT2D eigenvalue weighted by atomic mass is 9.95. The molecule has 1 atom stereocenters. The molecule has 0 amide bonds. The first-order valence-corrected chi connectivity index (χ1v) is 5.58. The fraction of sp³-hybridized carbons (Fsp3) is 0.0588. The Bertz CT molecular complexity index is 611. The Morgan fingerprint density at radius 1 is 0.889 bits per heavy atom. The highest BCUT2D eigenvalue weighted by Crippen LogP contribution is 2.19. The van der Waals surface area contributed by atoms with Crippen LogP contribution in [-0.2, 0) is 5.60 Å². The smallest absolute Gasteiger partial charge is 0.214 e. The van der Waals surface area contributed by atoms with Crippen LogP contribution in [0.1, 0.15) is 11.1 Å². The van der Waals surface area contributed by atoms with E-state index in [0.29, 0.717) is 5.56 Å². The predicted octanol–water partition coefficient (Wildman–Crippen LogP) is 2.56. The van der Waals surface area contributed by atoms with Crippen LogP contribution in [0.5, 0.6) is 0 Å². The molecule has 2 rings (SSSR count). The Kier molecular flexibility index (Phi) is 3.49. The highest BCUT2D eigenvalue weighted by molar-refractivity contribution is 5.44. The van der Waals surface area contributed by atoms with Crippen molar-refractivity contribution in [3.05, 3.63) is 71.8 Å². The van der Waals surface area contributed by atoms with Gasteiger partial charge in [-0.1, -0.05) is 60.4 Å². The molecular weight excluding hydrogens is 220 g/mol. The molecule has 0 spiro atoms. The molecule has 0 saturated carbocycles. The van der Waals surface area contributed by atoms with Crippen molar-refractivity contribution < 1.29 is 5.11 Å². The molecule has 0 fully saturated rings. The van der Waals surface area contributed by atoms with Crippen LogP contribution in [0.3, 0.4) is 0 Å². The minimum atomic E-state index is -1.54. The maximum absolute atomic E-state index is 10.3. The number of rotatable bonds is 1. The van der Waals surface area contributed by atoms with E-state index >= 15 is 0 Å². The van der Waals surface area contributed by atoms with Gasteiger partial charge in [-0.15, -0.1) is 6.42 Å². The Balaban J connectivity index is 2.37. The van der Waals surface area contributed by atoms with Crippen LogP contribution in [0.2, 0.25) is 0 Å². The predicted molar refractivity (Wildman–Crippen MR) is 72.5 cm³/mol. The van der Waals surface area contributed by atoms with Gasteiger partial charge >= 0.3 is 0 Å². The van der Waals surface area contributed by atoms with Crippen molar-refractivity contribution in [2.24, 2.45) is 0 Å². The van der Waals surface area contributed by atoms with Crippen molar-refractivity contribution >= 4 is 0 Å². The van der Waals surface area contributed by atoms with Crippen molar-refractivity contribution in [3.8, 4) is 24.2 Å². The van der Waals surface area contributed by atoms with Crippen molar-refractivity contribution in [2.75, 3.05) is 0 Å². The summed E-state index contributed by atoms with van der Waals surface area (Å²) in [4.78, 5) is 0. The molecule has 2 aromatic rings. The average Bonchev–Trinajstić information content (AvgIpc) is 2.47. The fourth-order valence-electron chi connectivity index (χ4n) is 1.56. The average molecular weight is 232 g/mol. The highest BCUT2D eigenvalue weighted by atomic mass is 16.3. The summed E-state index contributed by atoms with van der Waals surface area (Å²) < 4.78 is 0. The Morgan fingerprint density at radius 2 is 1.44 bits per heavy atom. The molecule has 0 aromatic heterocycles. The summed E-state index contributed by atoms with van der Waals surface area (Å²) in [5, 5.41) is 10.3. The Hall–Kier alpha value is -2.48. The summed E-state index contributed by atoms with van der Waals surface area (Å²) >= 11 is 0. The van der Waals surface area contributed by atoms with Crippen molar-refractivity contribution in [1.82, 2.24) is 0 Å². The minimum Gasteiger partial charge on any atom is -0.364 e. The molecule has 2 aromatic carbocycles. The number of hydrogen-bond acceptors (Lipinski definition) is 1. The van der Waals surface area contributed by atoms with Crippen LogP contribution in [0, 0.1) is 24.2 Å². The van der Waals surface area contributed by atoms with E-state index in [1.54, 1.807) is 12.1 Å². The molecule has 1 N–H and O–H groups in total. The SMILES string of the molecule is C#CC(O)(C#Cc1ccccc1)c1ccccc1. The molecule has 0 aliphatic rings. The second kappa shape index (κ2) is 5.23. The van der Waals surface area contributed by atoms with Gasteiger partial charge in [0.25, 0.3) is 0 Å². The molecule has 0 saturated heterocycles. The number of terminal acetylenes is 1. The zero-order valence-electron chi connectivity index (χ0n) is 9.80. The van der Waals surface area contributed by atoms with E-state index in [1.807, 2.05) is 48.5 Å². The molecule has 0 aliphatic heterocycles. The third kappa shape index (κ3) is 2.61. The third-order valence-corrected chi connectivity index (χ3v) is 2.56. The van der Waals surface area contributed by atoms with Crippen molar-refractivity contribution in [3.63, 3.8) is 0 Å². The maximum atomic E-state index is 10.3. The molecular formula is C17H12O. The van der Waals surface area contributed by atoms with Gasteiger partial charge in [0.1, 0.15) is 0 Å². The first kappa shape index (κ1) is 12.0.